The number of H-pyrrole nitrogens is 1. The predicted octanol–water partition coefficient (Wildman–Crippen LogP) is 2.96. The van der Waals surface area contributed by atoms with E-state index in [0.29, 0.717) is 21.3 Å². The van der Waals surface area contributed by atoms with Crippen LogP contribution in [0.25, 0.3) is 10.9 Å². The normalized spacial score (nSPS) is 14.9. The van der Waals surface area contributed by atoms with E-state index in [1.807, 2.05) is 30.3 Å². The summed E-state index contributed by atoms with van der Waals surface area (Å²) in [5, 5.41) is 10.5. The number of phenolic OH excluding ortho intramolecular Hbond substituents is 1. The Morgan fingerprint density at radius 2 is 1.80 bits per heavy atom. The van der Waals surface area contributed by atoms with Crippen molar-refractivity contribution in [2.24, 2.45) is 0 Å². The number of halogens is 1. The van der Waals surface area contributed by atoms with Crippen LogP contribution in [-0.2, 0) is 0 Å². The number of aromatic amines is 1. The van der Waals surface area contributed by atoms with Gasteiger partial charge in [0.2, 0.25) is 5.95 Å². The minimum atomic E-state index is -0.110. The van der Waals surface area contributed by atoms with Gasteiger partial charge in [-0.1, -0.05) is 12.1 Å². The molecule has 25 heavy (non-hydrogen) atoms. The lowest BCUT2D eigenvalue weighted by atomic mass is 10.2. The van der Waals surface area contributed by atoms with Crippen molar-refractivity contribution in [1.82, 2.24) is 9.97 Å². The fourth-order valence-electron chi connectivity index (χ4n) is 3.10. The van der Waals surface area contributed by atoms with Crippen LogP contribution in [0.15, 0.2) is 51.7 Å². The summed E-state index contributed by atoms with van der Waals surface area (Å²) in [5.41, 5.74) is 1.59. The maximum atomic E-state index is 12.2. The van der Waals surface area contributed by atoms with Gasteiger partial charge < -0.3 is 14.9 Å². The summed E-state index contributed by atoms with van der Waals surface area (Å²) in [6.07, 6.45) is 0. The number of aromatic hydroxyl groups is 1. The molecule has 1 aliphatic heterocycles. The second kappa shape index (κ2) is 6.40. The van der Waals surface area contributed by atoms with Gasteiger partial charge in [0.25, 0.3) is 5.56 Å². The molecule has 0 unspecified atom stereocenters. The van der Waals surface area contributed by atoms with Crippen LogP contribution in [0.2, 0.25) is 0 Å². The van der Waals surface area contributed by atoms with Crippen LogP contribution < -0.4 is 15.4 Å². The Morgan fingerprint density at radius 1 is 1.08 bits per heavy atom. The average molecular weight is 403 g/mol. The van der Waals surface area contributed by atoms with E-state index in [2.05, 4.69) is 35.7 Å². The van der Waals surface area contributed by atoms with Gasteiger partial charge in [-0.2, -0.15) is 0 Å². The average Bonchev–Trinajstić information content (AvgIpc) is 2.64. The maximum Gasteiger partial charge on any atom is 0.260 e. The Labute approximate surface area is 154 Å². The van der Waals surface area contributed by atoms with Crippen LogP contribution in [0.4, 0.5) is 11.6 Å². The van der Waals surface area contributed by atoms with Gasteiger partial charge in [0.05, 0.1) is 15.4 Å². The second-order valence-corrected chi connectivity index (χ2v) is 6.87. The molecule has 0 aliphatic carbocycles. The molecule has 2 aromatic carbocycles. The van der Waals surface area contributed by atoms with E-state index >= 15 is 0 Å². The molecule has 2 heterocycles. The van der Waals surface area contributed by atoms with Crippen LogP contribution in [0, 0.1) is 0 Å². The van der Waals surface area contributed by atoms with E-state index in [1.165, 1.54) is 0 Å². The number of rotatable bonds is 2. The van der Waals surface area contributed by atoms with Crippen LogP contribution in [0.3, 0.4) is 0 Å². The molecular weight excluding hydrogens is 384 g/mol. The Balaban J connectivity index is 0.00000196. The number of fused-ring (bicyclic) bond motifs is 1. The predicted molar refractivity (Wildman–Crippen MR) is 105 cm³/mol. The van der Waals surface area contributed by atoms with Crippen molar-refractivity contribution in [2.45, 2.75) is 0 Å². The molecule has 2 N–H and O–H groups in total. The largest absolute Gasteiger partial charge is 0.507 e. The van der Waals surface area contributed by atoms with Gasteiger partial charge in [0.15, 0.2) is 0 Å². The molecule has 6 nitrogen and oxygen atoms in total. The third-order valence-electron chi connectivity index (χ3n) is 4.47. The number of anilines is 2. The highest BCUT2D eigenvalue weighted by atomic mass is 79.9. The van der Waals surface area contributed by atoms with Crippen LogP contribution in [-0.4, -0.2) is 41.3 Å². The molecule has 1 aromatic heterocycles. The molecule has 130 valence electrons. The van der Waals surface area contributed by atoms with E-state index in [0.717, 1.165) is 31.9 Å². The number of hydrogen-bond acceptors (Lipinski definition) is 5. The van der Waals surface area contributed by atoms with E-state index in [4.69, 9.17) is 0 Å². The fourth-order valence-corrected chi connectivity index (χ4v) is 3.34. The van der Waals surface area contributed by atoms with Gasteiger partial charge in [-0.25, -0.2) is 4.98 Å². The van der Waals surface area contributed by atoms with Gasteiger partial charge in [-0.3, -0.25) is 9.78 Å². The maximum absolute atomic E-state index is 12.2. The number of nitrogens with zero attached hydrogens (tertiary/aromatic N) is 3. The summed E-state index contributed by atoms with van der Waals surface area (Å²) < 4.78 is 0.688. The van der Waals surface area contributed by atoms with Crippen molar-refractivity contribution in [3.8, 4) is 5.75 Å². The Kier molecular flexibility index (Phi) is 4.09. The summed E-state index contributed by atoms with van der Waals surface area (Å²) in [6, 6.07) is 12.9. The van der Waals surface area contributed by atoms with Crippen molar-refractivity contribution < 1.29 is 6.53 Å². The molecule has 1 fully saturated rings. The summed E-state index contributed by atoms with van der Waals surface area (Å²) in [7, 11) is 0. The zero-order chi connectivity index (χ0) is 17.4. The lowest BCUT2D eigenvalue weighted by Crippen LogP contribution is -2.47. The monoisotopic (exact) mass is 402 g/mol. The minimum absolute atomic E-state index is 0. The molecule has 0 saturated carbocycles. The summed E-state index contributed by atoms with van der Waals surface area (Å²) in [4.78, 5) is 24.0. The lowest BCUT2D eigenvalue weighted by Gasteiger charge is -2.36. The van der Waals surface area contributed by atoms with Crippen molar-refractivity contribution in [1.29, 1.82) is 0 Å². The van der Waals surface area contributed by atoms with Crippen molar-refractivity contribution in [3.05, 3.63) is 57.3 Å². The first kappa shape index (κ1) is 16.0. The first-order chi connectivity index (χ1) is 12.1. The van der Waals surface area contributed by atoms with Crippen molar-refractivity contribution >= 4 is 38.5 Å². The molecule has 7 heteroatoms. The molecule has 1 saturated heterocycles. The third kappa shape index (κ3) is 3.07. The highest BCUT2D eigenvalue weighted by molar-refractivity contribution is 9.10. The Morgan fingerprint density at radius 3 is 2.56 bits per heavy atom. The fraction of sp³-hybridized carbons (Fsp3) is 0.222. The van der Waals surface area contributed by atoms with Crippen LogP contribution >= 0.6 is 15.9 Å². The molecule has 0 atom stereocenters. The van der Waals surface area contributed by atoms with Crippen molar-refractivity contribution in [3.63, 3.8) is 0 Å². The SMILES string of the molecule is O=c1[nH]c(N2CCN(c3ccc(Br)c(O)c3)CC2)nc2ccccc12.[HH]. The van der Waals surface area contributed by atoms with Gasteiger partial charge in [-0.15, -0.1) is 0 Å². The van der Waals surface area contributed by atoms with E-state index in [1.54, 1.807) is 12.1 Å². The lowest BCUT2D eigenvalue weighted by molar-refractivity contribution is 0.471. The molecule has 0 bridgehead atoms. The van der Waals surface area contributed by atoms with E-state index in [-0.39, 0.29) is 12.7 Å². The molecule has 3 aromatic rings. The van der Waals surface area contributed by atoms with Crippen molar-refractivity contribution in [2.75, 3.05) is 36.0 Å². The molecule has 0 radical (unpaired) electrons. The second-order valence-electron chi connectivity index (χ2n) is 6.02. The number of para-hydroxylation sites is 1. The first-order valence-electron chi connectivity index (χ1n) is 8.09. The number of nitrogens with one attached hydrogen (secondary N) is 1. The highest BCUT2D eigenvalue weighted by Gasteiger charge is 2.20. The topological polar surface area (TPSA) is 72.5 Å². The van der Waals surface area contributed by atoms with Crippen LogP contribution in [0.1, 0.15) is 1.43 Å². The van der Waals surface area contributed by atoms with Gasteiger partial charge >= 0.3 is 0 Å². The third-order valence-corrected chi connectivity index (χ3v) is 5.15. The molecule has 0 spiro atoms. The zero-order valence-corrected chi connectivity index (χ0v) is 15.0. The summed E-state index contributed by atoms with van der Waals surface area (Å²) in [5.74, 6) is 0.849. The number of hydrogen-bond donors (Lipinski definition) is 2. The zero-order valence-electron chi connectivity index (χ0n) is 13.4. The first-order valence-corrected chi connectivity index (χ1v) is 8.88. The summed E-state index contributed by atoms with van der Waals surface area (Å²) >= 11 is 3.30. The summed E-state index contributed by atoms with van der Waals surface area (Å²) in [6.45, 7) is 3.07. The van der Waals surface area contributed by atoms with Gasteiger partial charge in [0, 0.05) is 39.4 Å². The molecule has 1 aliphatic rings. The number of piperazine rings is 1. The van der Waals surface area contributed by atoms with E-state index < -0.39 is 0 Å². The highest BCUT2D eigenvalue weighted by Crippen LogP contribution is 2.29. The number of phenols is 1. The Hall–Kier alpha value is -2.54. The van der Waals surface area contributed by atoms with Crippen LogP contribution in [0.5, 0.6) is 5.75 Å². The quantitative estimate of drug-likeness (QED) is 0.689. The Bertz CT molecular complexity index is 986. The molecule has 4 rings (SSSR count). The smallest absolute Gasteiger partial charge is 0.260 e. The number of benzene rings is 2. The van der Waals surface area contributed by atoms with Gasteiger partial charge in [0.1, 0.15) is 5.75 Å². The van der Waals surface area contributed by atoms with E-state index in [9.17, 15) is 9.90 Å². The standard InChI is InChI=1S/C18H17BrN4O2.H2/c19-14-6-5-12(11-16(14)24)22-7-9-23(10-8-22)18-20-15-4-2-1-3-13(15)17(25)21-18;/h1-6,11,24H,7-10H2,(H,20,21,25);1H. The molecule has 0 amide bonds. The number of aromatic nitrogens is 2. The molecular formula is C18H19BrN4O2. The van der Waals surface area contributed by atoms with Gasteiger partial charge in [-0.05, 0) is 40.2 Å². The minimum Gasteiger partial charge on any atom is -0.507 e.